The highest BCUT2D eigenvalue weighted by Gasteiger charge is 2.43. The lowest BCUT2D eigenvalue weighted by Crippen LogP contribution is -2.25. The van der Waals surface area contributed by atoms with Gasteiger partial charge in [-0.2, -0.15) is 0 Å². The molecule has 7 nitrogen and oxygen atoms in total. The second kappa shape index (κ2) is 7.08. The molecule has 1 aliphatic rings. The summed E-state index contributed by atoms with van der Waals surface area (Å²) in [5.74, 6) is 0.383. The maximum Gasteiger partial charge on any atom is 0.586 e. The number of fused-ring (bicyclic) bond motifs is 1. The molecule has 0 bridgehead atoms. The van der Waals surface area contributed by atoms with Gasteiger partial charge in [-0.3, -0.25) is 4.79 Å². The summed E-state index contributed by atoms with van der Waals surface area (Å²) in [5, 5.41) is 6.68. The Balaban J connectivity index is 1.56. The quantitative estimate of drug-likeness (QED) is 0.642. The van der Waals surface area contributed by atoms with E-state index in [-0.39, 0.29) is 23.3 Å². The van der Waals surface area contributed by atoms with Gasteiger partial charge < -0.3 is 19.3 Å². The summed E-state index contributed by atoms with van der Waals surface area (Å²) in [4.78, 5) is 16.9. The number of pyridine rings is 1. The van der Waals surface area contributed by atoms with Crippen molar-refractivity contribution in [3.8, 4) is 22.6 Å². The third-order valence-corrected chi connectivity index (χ3v) is 4.73. The Morgan fingerprint density at radius 1 is 1.13 bits per heavy atom. The Bertz CT molecular complexity index is 1120. The smallest absolute Gasteiger partial charge is 0.395 e. The molecule has 1 amide bonds. The second-order valence-corrected chi connectivity index (χ2v) is 7.32. The molecule has 1 N–H and O–H groups in total. The largest absolute Gasteiger partial charge is 0.586 e. The number of hydrogen-bond acceptors (Lipinski definition) is 6. The van der Waals surface area contributed by atoms with E-state index in [1.165, 1.54) is 12.1 Å². The molecule has 3 heterocycles. The van der Waals surface area contributed by atoms with Crippen molar-refractivity contribution in [1.29, 1.82) is 0 Å². The van der Waals surface area contributed by atoms with Gasteiger partial charge in [0.15, 0.2) is 11.5 Å². The number of aromatic nitrogens is 2. The van der Waals surface area contributed by atoms with Crippen molar-refractivity contribution in [2.45, 2.75) is 39.9 Å². The van der Waals surface area contributed by atoms with E-state index in [1.54, 1.807) is 32.2 Å². The summed E-state index contributed by atoms with van der Waals surface area (Å²) in [7, 11) is 0. The lowest BCUT2D eigenvalue weighted by Gasteiger charge is -2.09. The van der Waals surface area contributed by atoms with Crippen molar-refractivity contribution in [2.75, 3.05) is 5.32 Å². The molecule has 156 valence electrons. The lowest BCUT2D eigenvalue weighted by molar-refractivity contribution is -0.286. The van der Waals surface area contributed by atoms with E-state index in [2.05, 4.69) is 24.9 Å². The first-order valence-electron chi connectivity index (χ1n) is 9.29. The van der Waals surface area contributed by atoms with Crippen molar-refractivity contribution in [3.05, 3.63) is 53.0 Å². The molecule has 2 aromatic heterocycles. The fourth-order valence-corrected chi connectivity index (χ4v) is 3.27. The topological polar surface area (TPSA) is 86.5 Å². The first kappa shape index (κ1) is 19.8. The predicted octanol–water partition coefficient (Wildman–Crippen LogP) is 5.05. The summed E-state index contributed by atoms with van der Waals surface area (Å²) in [6, 6.07) is 6.33. The van der Waals surface area contributed by atoms with Crippen LogP contribution in [0.4, 0.5) is 14.6 Å². The van der Waals surface area contributed by atoms with Crippen molar-refractivity contribution in [1.82, 2.24) is 10.1 Å². The maximum atomic E-state index is 13.3. The van der Waals surface area contributed by atoms with Crippen LogP contribution in [0.15, 0.2) is 35.0 Å². The van der Waals surface area contributed by atoms with Gasteiger partial charge in [0.1, 0.15) is 17.1 Å². The summed E-state index contributed by atoms with van der Waals surface area (Å²) in [5.41, 5.74) is 3.03. The minimum Gasteiger partial charge on any atom is -0.395 e. The average Bonchev–Trinajstić information content (AvgIpc) is 3.19. The summed E-state index contributed by atoms with van der Waals surface area (Å²) in [6.07, 6.45) is -2.13. The zero-order chi connectivity index (χ0) is 21.6. The SMILES string of the molecule is Cc1cc2c(cc1-c1ccc(NC(=O)c3c(C(C)C)noc3C)nc1)OC(F)(F)O2. The first-order chi connectivity index (χ1) is 14.1. The van der Waals surface area contributed by atoms with Crippen LogP contribution in [0.3, 0.4) is 0 Å². The molecule has 1 aromatic carbocycles. The summed E-state index contributed by atoms with van der Waals surface area (Å²) in [6.45, 7) is 7.29. The van der Waals surface area contributed by atoms with Gasteiger partial charge in [0.2, 0.25) is 0 Å². The van der Waals surface area contributed by atoms with Gasteiger partial charge in [0, 0.05) is 11.8 Å². The first-order valence-corrected chi connectivity index (χ1v) is 9.29. The van der Waals surface area contributed by atoms with Gasteiger partial charge in [-0.05, 0) is 55.2 Å². The molecule has 0 aliphatic carbocycles. The predicted molar refractivity (Wildman–Crippen MR) is 104 cm³/mol. The van der Waals surface area contributed by atoms with Crippen LogP contribution in [0, 0.1) is 13.8 Å². The van der Waals surface area contributed by atoms with Crippen LogP contribution in [-0.2, 0) is 0 Å². The Labute approximate surface area is 171 Å². The number of hydrogen-bond donors (Lipinski definition) is 1. The molecule has 1 aliphatic heterocycles. The average molecular weight is 415 g/mol. The van der Waals surface area contributed by atoms with Crippen LogP contribution in [0.5, 0.6) is 11.5 Å². The number of amides is 1. The molecule has 0 atom stereocenters. The molecule has 0 fully saturated rings. The van der Waals surface area contributed by atoms with Crippen LogP contribution in [0.1, 0.15) is 47.1 Å². The number of anilines is 1. The molecule has 9 heteroatoms. The van der Waals surface area contributed by atoms with E-state index in [1.807, 2.05) is 13.8 Å². The van der Waals surface area contributed by atoms with E-state index >= 15 is 0 Å². The van der Waals surface area contributed by atoms with Gasteiger partial charge in [-0.1, -0.05) is 19.0 Å². The third-order valence-electron chi connectivity index (χ3n) is 4.73. The van der Waals surface area contributed by atoms with E-state index in [0.29, 0.717) is 34.0 Å². The van der Waals surface area contributed by atoms with Crippen LogP contribution in [0.2, 0.25) is 0 Å². The highest BCUT2D eigenvalue weighted by Crippen LogP contribution is 2.44. The van der Waals surface area contributed by atoms with Crippen molar-refractivity contribution in [3.63, 3.8) is 0 Å². The van der Waals surface area contributed by atoms with E-state index < -0.39 is 6.29 Å². The number of aryl methyl sites for hydroxylation is 2. The normalized spacial score (nSPS) is 14.2. The Hall–Kier alpha value is -3.49. The Morgan fingerprint density at radius 2 is 1.83 bits per heavy atom. The number of rotatable bonds is 4. The highest BCUT2D eigenvalue weighted by molar-refractivity contribution is 6.05. The highest BCUT2D eigenvalue weighted by atomic mass is 19.3. The minimum absolute atomic E-state index is 0.0110. The number of carbonyl (C=O) groups is 1. The number of halogens is 2. The van der Waals surface area contributed by atoms with Crippen LogP contribution >= 0.6 is 0 Å². The van der Waals surface area contributed by atoms with Crippen molar-refractivity contribution in [2.24, 2.45) is 0 Å². The number of nitrogens with one attached hydrogen (secondary N) is 1. The van der Waals surface area contributed by atoms with E-state index in [0.717, 1.165) is 5.56 Å². The molecule has 30 heavy (non-hydrogen) atoms. The molecule has 0 spiro atoms. The zero-order valence-electron chi connectivity index (χ0n) is 16.7. The number of nitrogens with zero attached hydrogens (tertiary/aromatic N) is 2. The van der Waals surface area contributed by atoms with Gasteiger partial charge in [0.05, 0.1) is 5.69 Å². The third kappa shape index (κ3) is 3.58. The molecular formula is C21H19F2N3O4. The second-order valence-electron chi connectivity index (χ2n) is 7.32. The van der Waals surface area contributed by atoms with Crippen LogP contribution in [-0.4, -0.2) is 22.3 Å². The minimum atomic E-state index is -3.67. The van der Waals surface area contributed by atoms with Crippen molar-refractivity contribution >= 4 is 11.7 Å². The monoisotopic (exact) mass is 415 g/mol. The van der Waals surface area contributed by atoms with Crippen LogP contribution < -0.4 is 14.8 Å². The molecule has 4 rings (SSSR count). The number of alkyl halides is 2. The molecule has 0 saturated heterocycles. The Kier molecular flexibility index (Phi) is 4.68. The zero-order valence-corrected chi connectivity index (χ0v) is 16.7. The summed E-state index contributed by atoms with van der Waals surface area (Å²) >= 11 is 0. The fraction of sp³-hybridized carbons (Fsp3) is 0.286. The van der Waals surface area contributed by atoms with Gasteiger partial charge >= 0.3 is 6.29 Å². The number of benzene rings is 1. The molecule has 0 saturated carbocycles. The van der Waals surface area contributed by atoms with Crippen molar-refractivity contribution < 1.29 is 27.6 Å². The molecule has 0 radical (unpaired) electrons. The maximum absolute atomic E-state index is 13.3. The summed E-state index contributed by atoms with van der Waals surface area (Å²) < 4.78 is 40.7. The molecular weight excluding hydrogens is 396 g/mol. The van der Waals surface area contributed by atoms with Gasteiger partial charge in [-0.25, -0.2) is 4.98 Å². The molecule has 0 unspecified atom stereocenters. The molecule has 3 aromatic rings. The van der Waals surface area contributed by atoms with Gasteiger partial charge in [0.25, 0.3) is 5.91 Å². The van der Waals surface area contributed by atoms with E-state index in [4.69, 9.17) is 4.52 Å². The van der Waals surface area contributed by atoms with E-state index in [9.17, 15) is 13.6 Å². The lowest BCUT2D eigenvalue weighted by atomic mass is 10.0. The fourth-order valence-electron chi connectivity index (χ4n) is 3.27. The standard InChI is InChI=1S/C21H19F2N3O4/c1-10(2)19-18(12(4)30-26-19)20(27)25-17-6-5-13(9-24-17)14-8-16-15(7-11(14)3)28-21(22,23)29-16/h5-10H,1-4H3,(H,24,25,27). The Morgan fingerprint density at radius 3 is 2.47 bits per heavy atom. The number of carbonyl (C=O) groups excluding carboxylic acids is 1. The van der Waals surface area contributed by atoms with Gasteiger partial charge in [-0.15, -0.1) is 8.78 Å². The number of ether oxygens (including phenoxy) is 2. The van der Waals surface area contributed by atoms with Crippen LogP contribution in [0.25, 0.3) is 11.1 Å².